The molecule has 0 heterocycles. The van der Waals surface area contributed by atoms with Crippen molar-refractivity contribution in [2.45, 2.75) is 58.0 Å². The summed E-state index contributed by atoms with van der Waals surface area (Å²) in [6.07, 6.45) is 6.37. The lowest BCUT2D eigenvalue weighted by Crippen LogP contribution is -2.40. The van der Waals surface area contributed by atoms with Crippen LogP contribution in [0.5, 0.6) is 0 Å². The van der Waals surface area contributed by atoms with Gasteiger partial charge in [-0.25, -0.2) is 0 Å². The molecule has 1 aliphatic rings. The monoisotopic (exact) mass is 242 g/mol. The molecule has 1 unspecified atom stereocenters. The summed E-state index contributed by atoms with van der Waals surface area (Å²) in [6.45, 7) is 6.08. The predicted molar refractivity (Wildman–Crippen MR) is 73.2 cm³/mol. The third kappa shape index (κ3) is 4.94. The highest BCUT2D eigenvalue weighted by Crippen LogP contribution is 2.36. The maximum Gasteiger partial charge on any atom is 0.0585 e. The van der Waals surface area contributed by atoms with Crippen molar-refractivity contribution >= 4 is 0 Å². The molecule has 1 fully saturated rings. The Morgan fingerprint density at radius 3 is 2.41 bits per heavy atom. The highest BCUT2D eigenvalue weighted by atomic mass is 16.3. The Bertz CT molecular complexity index is 204. The molecule has 0 bridgehead atoms. The highest BCUT2D eigenvalue weighted by Gasteiger charge is 2.28. The first kappa shape index (κ1) is 14.9. The fourth-order valence-corrected chi connectivity index (χ4v) is 2.69. The Kier molecular flexibility index (Phi) is 5.90. The number of aliphatic hydroxyl groups excluding tert-OH is 1. The molecule has 1 atom stereocenters. The Morgan fingerprint density at radius 2 is 1.94 bits per heavy atom. The zero-order valence-corrected chi connectivity index (χ0v) is 12.0. The molecule has 0 aliphatic heterocycles. The van der Waals surface area contributed by atoms with E-state index < -0.39 is 0 Å². The highest BCUT2D eigenvalue weighted by molar-refractivity contribution is 4.83. The minimum atomic E-state index is 0.238. The molecule has 0 aromatic carbocycles. The lowest BCUT2D eigenvalue weighted by atomic mass is 9.75. The number of likely N-dealkylation sites (N-methyl/N-ethyl adjacent to an activating group) is 1. The number of rotatable bonds is 6. The third-order valence-corrected chi connectivity index (χ3v) is 4.39. The van der Waals surface area contributed by atoms with Crippen LogP contribution in [0.25, 0.3) is 0 Å². The van der Waals surface area contributed by atoms with Crippen molar-refractivity contribution in [1.82, 2.24) is 10.2 Å². The quantitative estimate of drug-likeness (QED) is 0.746. The van der Waals surface area contributed by atoms with Crippen molar-refractivity contribution in [3.8, 4) is 0 Å². The van der Waals surface area contributed by atoms with Gasteiger partial charge in [0.1, 0.15) is 0 Å². The van der Waals surface area contributed by atoms with E-state index in [1.54, 1.807) is 0 Å². The van der Waals surface area contributed by atoms with Crippen LogP contribution in [0, 0.1) is 5.41 Å². The van der Waals surface area contributed by atoms with Crippen molar-refractivity contribution in [2.75, 3.05) is 27.2 Å². The maximum atomic E-state index is 9.14. The number of aliphatic hydroxyl groups is 1. The van der Waals surface area contributed by atoms with Gasteiger partial charge in [0.05, 0.1) is 6.61 Å². The van der Waals surface area contributed by atoms with Crippen LogP contribution >= 0.6 is 0 Å². The molecule has 2 N–H and O–H groups in total. The predicted octanol–water partition coefficient (Wildman–Crippen LogP) is 1.86. The van der Waals surface area contributed by atoms with Gasteiger partial charge >= 0.3 is 0 Å². The van der Waals surface area contributed by atoms with E-state index in [2.05, 4.69) is 31.1 Å². The molecule has 3 heteroatoms. The molecule has 0 saturated heterocycles. The zero-order valence-electron chi connectivity index (χ0n) is 12.0. The molecular formula is C14H30N2O. The van der Waals surface area contributed by atoms with Crippen LogP contribution < -0.4 is 5.32 Å². The fraction of sp³-hybridized carbons (Fsp3) is 1.00. The molecule has 1 saturated carbocycles. The van der Waals surface area contributed by atoms with Crippen LogP contribution in [0.2, 0.25) is 0 Å². The van der Waals surface area contributed by atoms with Crippen molar-refractivity contribution in [3.05, 3.63) is 0 Å². The number of nitrogens with zero attached hydrogens (tertiary/aromatic N) is 1. The smallest absolute Gasteiger partial charge is 0.0585 e. The van der Waals surface area contributed by atoms with Crippen LogP contribution in [-0.2, 0) is 0 Å². The Balaban J connectivity index is 2.27. The van der Waals surface area contributed by atoms with E-state index in [0.717, 1.165) is 19.0 Å². The normalized spacial score (nSPS) is 22.9. The minimum Gasteiger partial charge on any atom is -0.395 e. The molecule has 17 heavy (non-hydrogen) atoms. The van der Waals surface area contributed by atoms with Gasteiger partial charge in [-0.05, 0) is 58.2 Å². The first-order valence-corrected chi connectivity index (χ1v) is 6.97. The van der Waals surface area contributed by atoms with E-state index in [1.165, 1.54) is 25.7 Å². The molecule has 1 rings (SSSR count). The van der Waals surface area contributed by atoms with E-state index >= 15 is 0 Å². The Hall–Kier alpha value is -0.120. The van der Waals surface area contributed by atoms with Gasteiger partial charge in [0.15, 0.2) is 0 Å². The molecule has 3 nitrogen and oxygen atoms in total. The van der Waals surface area contributed by atoms with Crippen molar-refractivity contribution in [1.29, 1.82) is 0 Å². The van der Waals surface area contributed by atoms with E-state index in [9.17, 15) is 0 Å². The largest absolute Gasteiger partial charge is 0.395 e. The second kappa shape index (κ2) is 6.72. The standard InChI is InChI=1S/C14H30N2O/c1-14(2)8-5-13(6-9-14)16(4)10-7-12(11-17)15-3/h12-13,15,17H,5-11H2,1-4H3. The van der Waals surface area contributed by atoms with Crippen LogP contribution in [0.4, 0.5) is 0 Å². The van der Waals surface area contributed by atoms with Gasteiger partial charge in [-0.2, -0.15) is 0 Å². The molecule has 0 radical (unpaired) electrons. The summed E-state index contributed by atoms with van der Waals surface area (Å²) in [4.78, 5) is 2.48. The number of hydrogen-bond acceptors (Lipinski definition) is 3. The minimum absolute atomic E-state index is 0.238. The summed E-state index contributed by atoms with van der Waals surface area (Å²) in [6, 6.07) is 0.997. The summed E-state index contributed by atoms with van der Waals surface area (Å²) >= 11 is 0. The first-order valence-electron chi connectivity index (χ1n) is 6.97. The van der Waals surface area contributed by atoms with E-state index in [0.29, 0.717) is 5.41 Å². The fourth-order valence-electron chi connectivity index (χ4n) is 2.69. The number of hydrogen-bond donors (Lipinski definition) is 2. The van der Waals surface area contributed by atoms with E-state index in [-0.39, 0.29) is 12.6 Å². The van der Waals surface area contributed by atoms with E-state index in [4.69, 9.17) is 5.11 Å². The van der Waals surface area contributed by atoms with Gasteiger partial charge < -0.3 is 15.3 Å². The Labute approximate surface area is 107 Å². The van der Waals surface area contributed by atoms with Crippen LogP contribution in [0.15, 0.2) is 0 Å². The van der Waals surface area contributed by atoms with Crippen molar-refractivity contribution < 1.29 is 5.11 Å². The van der Waals surface area contributed by atoms with Crippen LogP contribution in [0.3, 0.4) is 0 Å². The third-order valence-electron chi connectivity index (χ3n) is 4.39. The zero-order chi connectivity index (χ0) is 12.9. The lowest BCUT2D eigenvalue weighted by Gasteiger charge is -2.39. The summed E-state index contributed by atoms with van der Waals surface area (Å²) in [5.74, 6) is 0. The van der Waals surface area contributed by atoms with Gasteiger partial charge in [-0.15, -0.1) is 0 Å². The summed E-state index contributed by atoms with van der Waals surface area (Å²) in [5, 5.41) is 12.3. The maximum absolute atomic E-state index is 9.14. The molecule has 0 amide bonds. The van der Waals surface area contributed by atoms with Crippen LogP contribution in [-0.4, -0.2) is 49.3 Å². The van der Waals surface area contributed by atoms with Gasteiger partial charge in [0, 0.05) is 12.1 Å². The Morgan fingerprint density at radius 1 is 1.35 bits per heavy atom. The van der Waals surface area contributed by atoms with Crippen LogP contribution in [0.1, 0.15) is 46.0 Å². The molecule has 0 spiro atoms. The molecule has 102 valence electrons. The van der Waals surface area contributed by atoms with E-state index in [1.807, 2.05) is 7.05 Å². The van der Waals surface area contributed by atoms with Gasteiger partial charge in [0.2, 0.25) is 0 Å². The second-order valence-corrected chi connectivity index (χ2v) is 6.33. The van der Waals surface area contributed by atoms with Gasteiger partial charge in [-0.1, -0.05) is 13.8 Å². The van der Waals surface area contributed by atoms with Gasteiger partial charge in [-0.3, -0.25) is 0 Å². The van der Waals surface area contributed by atoms with Crippen molar-refractivity contribution in [3.63, 3.8) is 0 Å². The van der Waals surface area contributed by atoms with Gasteiger partial charge in [0.25, 0.3) is 0 Å². The first-order chi connectivity index (χ1) is 7.98. The summed E-state index contributed by atoms with van der Waals surface area (Å²) in [7, 11) is 4.15. The summed E-state index contributed by atoms with van der Waals surface area (Å²) < 4.78 is 0. The topological polar surface area (TPSA) is 35.5 Å². The van der Waals surface area contributed by atoms with Crippen molar-refractivity contribution in [2.24, 2.45) is 5.41 Å². The second-order valence-electron chi connectivity index (χ2n) is 6.33. The molecular weight excluding hydrogens is 212 g/mol. The lowest BCUT2D eigenvalue weighted by molar-refractivity contribution is 0.120. The average molecular weight is 242 g/mol. The average Bonchev–Trinajstić information content (AvgIpc) is 2.30. The molecule has 0 aromatic heterocycles. The summed E-state index contributed by atoms with van der Waals surface area (Å²) in [5.41, 5.74) is 0.552. The SMILES string of the molecule is CNC(CO)CCN(C)C1CCC(C)(C)CC1. The number of nitrogens with one attached hydrogen (secondary N) is 1. The molecule has 0 aromatic rings. The molecule has 1 aliphatic carbocycles.